The molecule has 7 heteroatoms. The van der Waals surface area contributed by atoms with E-state index in [0.29, 0.717) is 23.3 Å². The number of benzene rings is 1. The molecule has 2 fully saturated rings. The number of rotatable bonds is 3. The molecular weight excluding hydrogens is 352 g/mol. The summed E-state index contributed by atoms with van der Waals surface area (Å²) in [5.74, 6) is 0.801. The smallest absolute Gasteiger partial charge is 0.287 e. The maximum atomic E-state index is 12.5. The number of para-hydroxylation sites is 1. The van der Waals surface area contributed by atoms with Crippen LogP contribution >= 0.6 is 0 Å². The minimum atomic E-state index is -2.82. The lowest BCUT2D eigenvalue weighted by molar-refractivity contribution is 0.0861. The number of fused-ring (bicyclic) bond motifs is 1. The lowest BCUT2D eigenvalue weighted by Crippen LogP contribution is -2.49. The van der Waals surface area contributed by atoms with Crippen LogP contribution in [0.3, 0.4) is 0 Å². The molecule has 2 aliphatic heterocycles. The fourth-order valence-corrected chi connectivity index (χ4v) is 5.47. The fraction of sp³-hybridized carbons (Fsp3) is 0.526. The predicted molar refractivity (Wildman–Crippen MR) is 100.0 cm³/mol. The number of hydrogen-bond acceptors (Lipinski definition) is 5. The number of furan rings is 1. The lowest BCUT2D eigenvalue weighted by Gasteiger charge is -2.39. The van der Waals surface area contributed by atoms with E-state index >= 15 is 0 Å². The summed E-state index contributed by atoms with van der Waals surface area (Å²) < 4.78 is 28.8. The van der Waals surface area contributed by atoms with Gasteiger partial charge >= 0.3 is 0 Å². The van der Waals surface area contributed by atoms with Crippen molar-refractivity contribution in [3.05, 3.63) is 36.1 Å². The zero-order chi connectivity index (χ0) is 18.1. The third kappa shape index (κ3) is 3.78. The molecule has 2 aliphatic rings. The van der Waals surface area contributed by atoms with Gasteiger partial charge in [0.2, 0.25) is 0 Å². The number of carbonyl (C=O) groups is 1. The van der Waals surface area contributed by atoms with E-state index < -0.39 is 9.84 Å². The molecule has 0 unspecified atom stereocenters. The highest BCUT2D eigenvalue weighted by molar-refractivity contribution is 7.91. The van der Waals surface area contributed by atoms with Crippen molar-refractivity contribution in [2.24, 2.45) is 0 Å². The minimum absolute atomic E-state index is 0.138. The average molecular weight is 376 g/mol. The third-order valence-electron chi connectivity index (χ3n) is 5.55. The van der Waals surface area contributed by atoms with Crippen LogP contribution in [0.25, 0.3) is 11.0 Å². The SMILES string of the molecule is O=C(NC1CCN(C2CCS(=O)(=O)CC2)CC1)c1cc2ccccc2o1. The number of piperidine rings is 1. The number of nitrogens with zero attached hydrogens (tertiary/aromatic N) is 1. The van der Waals surface area contributed by atoms with Crippen LogP contribution in [0.4, 0.5) is 0 Å². The molecule has 2 aromatic rings. The molecule has 1 aromatic carbocycles. The van der Waals surface area contributed by atoms with Gasteiger partial charge in [0.1, 0.15) is 15.4 Å². The molecule has 3 heterocycles. The quantitative estimate of drug-likeness (QED) is 0.888. The van der Waals surface area contributed by atoms with Gasteiger partial charge in [0, 0.05) is 30.6 Å². The van der Waals surface area contributed by atoms with E-state index in [4.69, 9.17) is 4.42 Å². The molecule has 0 saturated carbocycles. The van der Waals surface area contributed by atoms with Crippen molar-refractivity contribution in [1.82, 2.24) is 10.2 Å². The van der Waals surface area contributed by atoms with Gasteiger partial charge in [-0.1, -0.05) is 18.2 Å². The van der Waals surface area contributed by atoms with Gasteiger partial charge in [-0.3, -0.25) is 4.79 Å². The summed E-state index contributed by atoms with van der Waals surface area (Å²) in [7, 11) is -2.82. The Labute approximate surface area is 153 Å². The second-order valence-electron chi connectivity index (χ2n) is 7.32. The summed E-state index contributed by atoms with van der Waals surface area (Å²) >= 11 is 0. The first-order chi connectivity index (χ1) is 12.5. The van der Waals surface area contributed by atoms with Gasteiger partial charge in [0.15, 0.2) is 5.76 Å². The van der Waals surface area contributed by atoms with Gasteiger partial charge in [-0.15, -0.1) is 0 Å². The summed E-state index contributed by atoms with van der Waals surface area (Å²) in [6.45, 7) is 1.80. The van der Waals surface area contributed by atoms with Crippen LogP contribution in [0.1, 0.15) is 36.2 Å². The van der Waals surface area contributed by atoms with E-state index in [1.165, 1.54) is 0 Å². The number of nitrogens with one attached hydrogen (secondary N) is 1. The number of carbonyl (C=O) groups excluding carboxylic acids is 1. The molecule has 0 atom stereocenters. The van der Waals surface area contributed by atoms with E-state index in [9.17, 15) is 13.2 Å². The monoisotopic (exact) mass is 376 g/mol. The fourth-order valence-electron chi connectivity index (χ4n) is 4.00. The van der Waals surface area contributed by atoms with Gasteiger partial charge < -0.3 is 14.6 Å². The maximum Gasteiger partial charge on any atom is 0.287 e. The number of sulfone groups is 1. The molecule has 140 valence electrons. The Kier molecular flexibility index (Phi) is 4.75. The summed E-state index contributed by atoms with van der Waals surface area (Å²) in [6.07, 6.45) is 3.24. The van der Waals surface area contributed by atoms with E-state index in [0.717, 1.165) is 49.7 Å². The Bertz CT molecular complexity index is 850. The molecule has 6 nitrogen and oxygen atoms in total. The van der Waals surface area contributed by atoms with Crippen molar-refractivity contribution in [1.29, 1.82) is 0 Å². The summed E-state index contributed by atoms with van der Waals surface area (Å²) in [5.41, 5.74) is 0.722. The zero-order valence-electron chi connectivity index (χ0n) is 14.7. The molecule has 4 rings (SSSR count). The second-order valence-corrected chi connectivity index (χ2v) is 9.62. The summed E-state index contributed by atoms with van der Waals surface area (Å²) in [6, 6.07) is 9.88. The first-order valence-electron chi connectivity index (χ1n) is 9.24. The van der Waals surface area contributed by atoms with Crippen molar-refractivity contribution in [2.75, 3.05) is 24.6 Å². The highest BCUT2D eigenvalue weighted by Gasteiger charge is 2.31. The number of likely N-dealkylation sites (tertiary alicyclic amines) is 1. The van der Waals surface area contributed by atoms with Crippen LogP contribution < -0.4 is 5.32 Å². The highest BCUT2D eigenvalue weighted by Crippen LogP contribution is 2.23. The molecule has 1 amide bonds. The number of amides is 1. The molecular formula is C19H24N2O4S. The Hall–Kier alpha value is -1.86. The Morgan fingerprint density at radius 1 is 1.08 bits per heavy atom. The van der Waals surface area contributed by atoms with Gasteiger partial charge in [-0.25, -0.2) is 8.42 Å². The zero-order valence-corrected chi connectivity index (χ0v) is 15.5. The van der Waals surface area contributed by atoms with E-state index in [-0.39, 0.29) is 11.9 Å². The van der Waals surface area contributed by atoms with E-state index in [1.54, 1.807) is 6.07 Å². The van der Waals surface area contributed by atoms with Crippen molar-refractivity contribution in [2.45, 2.75) is 37.8 Å². The second kappa shape index (κ2) is 7.04. The topological polar surface area (TPSA) is 79.6 Å². The van der Waals surface area contributed by atoms with Crippen LogP contribution in [0.2, 0.25) is 0 Å². The largest absolute Gasteiger partial charge is 0.451 e. The normalized spacial score (nSPS) is 22.5. The molecule has 0 spiro atoms. The first-order valence-corrected chi connectivity index (χ1v) is 11.1. The van der Waals surface area contributed by atoms with Crippen molar-refractivity contribution in [3.63, 3.8) is 0 Å². The first kappa shape index (κ1) is 17.5. The molecule has 0 bridgehead atoms. The number of hydrogen-bond donors (Lipinski definition) is 1. The lowest BCUT2D eigenvalue weighted by atomic mass is 10.0. The van der Waals surface area contributed by atoms with Crippen molar-refractivity contribution in [3.8, 4) is 0 Å². The summed E-state index contributed by atoms with van der Waals surface area (Å²) in [4.78, 5) is 14.8. The molecule has 1 aromatic heterocycles. The van der Waals surface area contributed by atoms with E-state index in [2.05, 4.69) is 10.2 Å². The Morgan fingerprint density at radius 2 is 1.77 bits per heavy atom. The summed E-state index contributed by atoms with van der Waals surface area (Å²) in [5, 5.41) is 4.01. The van der Waals surface area contributed by atoms with Crippen LogP contribution in [-0.4, -0.2) is 55.9 Å². The van der Waals surface area contributed by atoms with Gasteiger partial charge in [0.05, 0.1) is 11.5 Å². The molecule has 2 saturated heterocycles. The maximum absolute atomic E-state index is 12.5. The highest BCUT2D eigenvalue weighted by atomic mass is 32.2. The molecule has 26 heavy (non-hydrogen) atoms. The molecule has 0 aliphatic carbocycles. The minimum Gasteiger partial charge on any atom is -0.451 e. The van der Waals surface area contributed by atoms with Crippen molar-refractivity contribution >= 4 is 26.7 Å². The van der Waals surface area contributed by atoms with Crippen LogP contribution in [0.5, 0.6) is 0 Å². The van der Waals surface area contributed by atoms with Gasteiger partial charge in [-0.2, -0.15) is 0 Å². The van der Waals surface area contributed by atoms with Crippen LogP contribution in [0.15, 0.2) is 34.7 Å². The average Bonchev–Trinajstić information content (AvgIpc) is 3.07. The Morgan fingerprint density at radius 3 is 2.46 bits per heavy atom. The van der Waals surface area contributed by atoms with Gasteiger partial charge in [0.25, 0.3) is 5.91 Å². The standard InChI is InChI=1S/C19H24N2O4S/c22-19(18-13-14-3-1-2-4-17(14)25-18)20-15-5-9-21(10-6-15)16-7-11-26(23,24)12-8-16/h1-4,13,15-16H,5-12H2,(H,20,22). The van der Waals surface area contributed by atoms with Crippen LogP contribution in [0, 0.1) is 0 Å². The molecule has 0 radical (unpaired) electrons. The van der Waals surface area contributed by atoms with Crippen LogP contribution in [-0.2, 0) is 9.84 Å². The molecule has 1 N–H and O–H groups in total. The van der Waals surface area contributed by atoms with E-state index in [1.807, 2.05) is 24.3 Å². The van der Waals surface area contributed by atoms with Crippen molar-refractivity contribution < 1.29 is 17.6 Å². The third-order valence-corrected chi connectivity index (χ3v) is 7.27. The van der Waals surface area contributed by atoms with Gasteiger partial charge in [-0.05, 0) is 37.8 Å². The Balaban J connectivity index is 1.30. The predicted octanol–water partition coefficient (Wildman–Crippen LogP) is 2.20.